The molecule has 2 atom stereocenters. The van der Waals surface area contributed by atoms with E-state index < -0.39 is 0 Å². The average molecular weight is 182 g/mol. The van der Waals surface area contributed by atoms with Crippen molar-refractivity contribution >= 4 is 5.78 Å². The number of hydrogen-bond acceptors (Lipinski definition) is 1. The van der Waals surface area contributed by atoms with Crippen LogP contribution in [0.25, 0.3) is 0 Å². The molecule has 0 amide bonds. The maximum absolute atomic E-state index is 11.7. The first-order chi connectivity index (χ1) is 6.29. The minimum absolute atomic E-state index is 0.415. The monoisotopic (exact) mass is 182 g/mol. The summed E-state index contributed by atoms with van der Waals surface area (Å²) in [5.41, 5.74) is 0. The molecular formula is C12H22O. The summed E-state index contributed by atoms with van der Waals surface area (Å²) in [6, 6.07) is 0. The summed E-state index contributed by atoms with van der Waals surface area (Å²) >= 11 is 0. The van der Waals surface area contributed by atoms with E-state index in [0.717, 1.165) is 19.3 Å². The molecule has 76 valence electrons. The van der Waals surface area contributed by atoms with Gasteiger partial charge in [-0.2, -0.15) is 0 Å². The Morgan fingerprint density at radius 3 is 2.77 bits per heavy atom. The maximum Gasteiger partial charge on any atom is 0.136 e. The zero-order valence-corrected chi connectivity index (χ0v) is 9.01. The fourth-order valence-electron chi connectivity index (χ4n) is 2.50. The third-order valence-electron chi connectivity index (χ3n) is 3.37. The smallest absolute Gasteiger partial charge is 0.136 e. The fraction of sp³-hybridized carbons (Fsp3) is 0.917. The molecule has 1 nitrogen and oxygen atoms in total. The molecule has 0 spiro atoms. The van der Waals surface area contributed by atoms with Crippen molar-refractivity contribution in [3.8, 4) is 0 Å². The number of rotatable bonds is 4. The normalized spacial score (nSPS) is 29.2. The number of hydrogen-bond donors (Lipinski definition) is 0. The Labute approximate surface area is 81.9 Å². The lowest BCUT2D eigenvalue weighted by Gasteiger charge is -2.29. The van der Waals surface area contributed by atoms with Gasteiger partial charge in [0.2, 0.25) is 0 Å². The highest BCUT2D eigenvalue weighted by molar-refractivity contribution is 5.81. The Morgan fingerprint density at radius 1 is 1.38 bits per heavy atom. The lowest BCUT2D eigenvalue weighted by molar-refractivity contribution is -0.127. The molecule has 1 rings (SSSR count). The Hall–Kier alpha value is -0.330. The zero-order valence-electron chi connectivity index (χ0n) is 9.01. The molecule has 13 heavy (non-hydrogen) atoms. The first-order valence-corrected chi connectivity index (χ1v) is 5.82. The van der Waals surface area contributed by atoms with Crippen LogP contribution < -0.4 is 0 Å². The summed E-state index contributed by atoms with van der Waals surface area (Å²) in [6.45, 7) is 4.43. The second kappa shape index (κ2) is 5.41. The third-order valence-corrected chi connectivity index (χ3v) is 3.37. The molecule has 1 aliphatic carbocycles. The van der Waals surface area contributed by atoms with Gasteiger partial charge in [0, 0.05) is 12.3 Å². The van der Waals surface area contributed by atoms with Crippen molar-refractivity contribution in [3.63, 3.8) is 0 Å². The lowest BCUT2D eigenvalue weighted by Crippen LogP contribution is -2.27. The molecular weight excluding hydrogens is 160 g/mol. The van der Waals surface area contributed by atoms with Crippen molar-refractivity contribution in [2.75, 3.05) is 0 Å². The number of unbranched alkanes of at least 4 members (excludes halogenated alkanes) is 1. The van der Waals surface area contributed by atoms with Crippen molar-refractivity contribution in [3.05, 3.63) is 0 Å². The van der Waals surface area contributed by atoms with Gasteiger partial charge in [0.05, 0.1) is 0 Å². The first kappa shape index (κ1) is 10.7. The third kappa shape index (κ3) is 2.82. The van der Waals surface area contributed by atoms with E-state index in [2.05, 4.69) is 13.8 Å². The van der Waals surface area contributed by atoms with Crippen LogP contribution in [0.4, 0.5) is 0 Å². The van der Waals surface area contributed by atoms with E-state index in [4.69, 9.17) is 0 Å². The first-order valence-electron chi connectivity index (χ1n) is 5.82. The fourth-order valence-corrected chi connectivity index (χ4v) is 2.50. The van der Waals surface area contributed by atoms with Gasteiger partial charge < -0.3 is 0 Å². The van der Waals surface area contributed by atoms with Gasteiger partial charge >= 0.3 is 0 Å². The van der Waals surface area contributed by atoms with Crippen molar-refractivity contribution in [2.24, 2.45) is 11.8 Å². The Morgan fingerprint density at radius 2 is 2.15 bits per heavy atom. The minimum Gasteiger partial charge on any atom is -0.299 e. The number of Topliss-reactive ketones (excluding diaryl/α,β-unsaturated/α-hetero) is 1. The van der Waals surface area contributed by atoms with Crippen molar-refractivity contribution < 1.29 is 4.79 Å². The highest BCUT2D eigenvalue weighted by atomic mass is 16.1. The molecule has 0 bridgehead atoms. The SMILES string of the molecule is CCCC[C@@H]1C(=O)CCC[C@H]1CC. The standard InChI is InChI=1S/C12H22O/c1-3-5-8-11-10(4-2)7-6-9-12(11)13/h10-11H,3-9H2,1-2H3/t10-,11+/m1/s1. The van der Waals surface area contributed by atoms with E-state index >= 15 is 0 Å². The van der Waals surface area contributed by atoms with E-state index in [1.807, 2.05) is 0 Å². The molecule has 0 radical (unpaired) electrons. The second-order valence-corrected chi connectivity index (χ2v) is 4.28. The van der Waals surface area contributed by atoms with E-state index in [0.29, 0.717) is 17.6 Å². The van der Waals surface area contributed by atoms with Crippen LogP contribution in [0.2, 0.25) is 0 Å². The molecule has 0 aromatic rings. The highest BCUT2D eigenvalue weighted by Crippen LogP contribution is 2.32. The van der Waals surface area contributed by atoms with Gasteiger partial charge in [-0.05, 0) is 25.2 Å². The van der Waals surface area contributed by atoms with Gasteiger partial charge in [-0.3, -0.25) is 4.79 Å². The predicted molar refractivity (Wildman–Crippen MR) is 55.7 cm³/mol. The minimum atomic E-state index is 0.415. The summed E-state index contributed by atoms with van der Waals surface area (Å²) < 4.78 is 0. The van der Waals surface area contributed by atoms with Crippen molar-refractivity contribution in [1.82, 2.24) is 0 Å². The largest absolute Gasteiger partial charge is 0.299 e. The topological polar surface area (TPSA) is 17.1 Å². The van der Waals surface area contributed by atoms with Crippen LogP contribution in [0.5, 0.6) is 0 Å². The van der Waals surface area contributed by atoms with E-state index in [-0.39, 0.29) is 0 Å². The predicted octanol–water partition coefficient (Wildman–Crippen LogP) is 3.57. The Balaban J connectivity index is 2.46. The molecule has 0 N–H and O–H groups in total. The van der Waals surface area contributed by atoms with Crippen LogP contribution in [0.1, 0.15) is 58.8 Å². The average Bonchev–Trinajstić information content (AvgIpc) is 2.15. The molecule has 1 aliphatic rings. The van der Waals surface area contributed by atoms with Gasteiger partial charge in [-0.25, -0.2) is 0 Å². The van der Waals surface area contributed by atoms with Gasteiger partial charge in [0.1, 0.15) is 5.78 Å². The molecule has 0 unspecified atom stereocenters. The molecule has 0 heterocycles. The van der Waals surface area contributed by atoms with Crippen LogP contribution in [0.15, 0.2) is 0 Å². The molecule has 0 aromatic carbocycles. The lowest BCUT2D eigenvalue weighted by atomic mass is 9.75. The Kier molecular flexibility index (Phi) is 4.47. The number of carbonyl (C=O) groups is 1. The highest BCUT2D eigenvalue weighted by Gasteiger charge is 2.29. The van der Waals surface area contributed by atoms with Crippen LogP contribution in [-0.2, 0) is 4.79 Å². The summed E-state index contributed by atoms with van der Waals surface area (Å²) in [7, 11) is 0. The second-order valence-electron chi connectivity index (χ2n) is 4.28. The molecule has 0 saturated heterocycles. The van der Waals surface area contributed by atoms with Crippen molar-refractivity contribution in [2.45, 2.75) is 58.8 Å². The van der Waals surface area contributed by atoms with E-state index in [9.17, 15) is 4.79 Å². The van der Waals surface area contributed by atoms with Crippen LogP contribution in [0.3, 0.4) is 0 Å². The van der Waals surface area contributed by atoms with Gasteiger partial charge in [-0.15, -0.1) is 0 Å². The summed E-state index contributed by atoms with van der Waals surface area (Å²) in [6.07, 6.45) is 8.07. The number of carbonyl (C=O) groups excluding carboxylic acids is 1. The molecule has 0 aliphatic heterocycles. The van der Waals surface area contributed by atoms with E-state index in [1.165, 1.54) is 25.7 Å². The zero-order chi connectivity index (χ0) is 9.68. The van der Waals surface area contributed by atoms with Crippen LogP contribution >= 0.6 is 0 Å². The van der Waals surface area contributed by atoms with E-state index in [1.54, 1.807) is 0 Å². The number of ketones is 1. The van der Waals surface area contributed by atoms with Crippen molar-refractivity contribution in [1.29, 1.82) is 0 Å². The molecule has 0 aromatic heterocycles. The quantitative estimate of drug-likeness (QED) is 0.649. The van der Waals surface area contributed by atoms with Crippen LogP contribution in [-0.4, -0.2) is 5.78 Å². The van der Waals surface area contributed by atoms with Crippen LogP contribution in [0, 0.1) is 11.8 Å². The summed E-state index contributed by atoms with van der Waals surface area (Å²) in [5, 5.41) is 0. The molecule has 1 heteroatoms. The Bertz CT molecular complexity index is 163. The van der Waals surface area contributed by atoms with Gasteiger partial charge in [0.25, 0.3) is 0 Å². The molecule has 1 saturated carbocycles. The summed E-state index contributed by atoms with van der Waals surface area (Å²) in [4.78, 5) is 11.7. The van der Waals surface area contributed by atoms with Gasteiger partial charge in [0.15, 0.2) is 0 Å². The molecule has 1 fully saturated rings. The maximum atomic E-state index is 11.7. The summed E-state index contributed by atoms with van der Waals surface area (Å²) in [5.74, 6) is 1.66. The van der Waals surface area contributed by atoms with Gasteiger partial charge in [-0.1, -0.05) is 33.1 Å².